The molecule has 0 spiro atoms. The Balaban J connectivity index is 1.60. The van der Waals surface area contributed by atoms with E-state index >= 15 is 0 Å². The predicted molar refractivity (Wildman–Crippen MR) is 124 cm³/mol. The highest BCUT2D eigenvalue weighted by Crippen LogP contribution is 2.35. The summed E-state index contributed by atoms with van der Waals surface area (Å²) in [5.74, 6) is 0.190. The highest BCUT2D eigenvalue weighted by molar-refractivity contribution is 6.35. The summed E-state index contributed by atoms with van der Waals surface area (Å²) in [5, 5.41) is 0. The number of carbonyl (C=O) groups excluding carboxylic acids is 2. The fourth-order valence-electron chi connectivity index (χ4n) is 4.62. The Morgan fingerprint density at radius 3 is 2.32 bits per heavy atom. The molecular weight excluding hydrogens is 384 g/mol. The summed E-state index contributed by atoms with van der Waals surface area (Å²) in [4.78, 5) is 30.0. The van der Waals surface area contributed by atoms with E-state index in [9.17, 15) is 9.59 Å². The van der Waals surface area contributed by atoms with Gasteiger partial charge in [-0.1, -0.05) is 54.6 Å². The van der Waals surface area contributed by atoms with Crippen molar-refractivity contribution in [2.45, 2.75) is 33.1 Å². The normalized spacial score (nSPS) is 17.6. The van der Waals surface area contributed by atoms with Crippen molar-refractivity contribution in [1.82, 2.24) is 9.80 Å². The van der Waals surface area contributed by atoms with E-state index in [4.69, 9.17) is 0 Å². The zero-order valence-corrected chi connectivity index (χ0v) is 18.4. The smallest absolute Gasteiger partial charge is 0.278 e. The Labute approximate surface area is 184 Å². The average Bonchev–Trinajstić information content (AvgIpc) is 3.02. The lowest BCUT2D eigenvalue weighted by Crippen LogP contribution is -2.39. The molecule has 2 aliphatic heterocycles. The van der Waals surface area contributed by atoms with Gasteiger partial charge in [0.15, 0.2) is 0 Å². The topological polar surface area (TPSA) is 40.6 Å². The van der Waals surface area contributed by atoms with Crippen LogP contribution in [0.3, 0.4) is 0 Å². The third-order valence-corrected chi connectivity index (χ3v) is 6.55. The molecule has 2 heterocycles. The third-order valence-electron chi connectivity index (χ3n) is 6.55. The Kier molecular flexibility index (Phi) is 6.08. The van der Waals surface area contributed by atoms with Gasteiger partial charge in [-0.2, -0.15) is 0 Å². The highest BCUT2D eigenvalue weighted by atomic mass is 16.2. The van der Waals surface area contributed by atoms with Crippen LogP contribution in [0.4, 0.5) is 0 Å². The summed E-state index contributed by atoms with van der Waals surface area (Å²) >= 11 is 0. The minimum absolute atomic E-state index is 0.195. The van der Waals surface area contributed by atoms with Crippen LogP contribution >= 0.6 is 0 Å². The van der Waals surface area contributed by atoms with Crippen LogP contribution in [-0.4, -0.2) is 41.2 Å². The number of carbonyl (C=O) groups is 2. The van der Waals surface area contributed by atoms with Crippen LogP contribution in [0, 0.1) is 19.8 Å². The number of nitrogens with zero attached hydrogens (tertiary/aromatic N) is 2. The largest absolute Gasteiger partial charge is 0.366 e. The molecule has 0 radical (unpaired) electrons. The van der Waals surface area contributed by atoms with Crippen molar-refractivity contribution in [1.29, 1.82) is 0 Å². The van der Waals surface area contributed by atoms with Gasteiger partial charge in [0.25, 0.3) is 11.8 Å². The van der Waals surface area contributed by atoms with Crippen LogP contribution in [0.15, 0.2) is 66.9 Å². The summed E-state index contributed by atoms with van der Waals surface area (Å²) in [5.41, 5.74) is 5.58. The molecule has 0 unspecified atom stereocenters. The number of imide groups is 1. The fourth-order valence-corrected chi connectivity index (χ4v) is 4.62. The van der Waals surface area contributed by atoms with E-state index in [0.717, 1.165) is 43.5 Å². The molecule has 4 heteroatoms. The van der Waals surface area contributed by atoms with Gasteiger partial charge < -0.3 is 4.90 Å². The number of hydrogen-bond donors (Lipinski definition) is 0. The van der Waals surface area contributed by atoms with Crippen LogP contribution in [0.5, 0.6) is 0 Å². The zero-order valence-electron chi connectivity index (χ0n) is 18.4. The molecule has 2 amide bonds. The van der Waals surface area contributed by atoms with Gasteiger partial charge in [-0.15, -0.1) is 6.58 Å². The van der Waals surface area contributed by atoms with E-state index in [0.29, 0.717) is 17.2 Å². The second kappa shape index (κ2) is 8.93. The van der Waals surface area contributed by atoms with E-state index in [-0.39, 0.29) is 18.4 Å². The van der Waals surface area contributed by atoms with Crippen LogP contribution in [0.1, 0.15) is 35.1 Å². The monoisotopic (exact) mass is 414 g/mol. The minimum atomic E-state index is -0.213. The van der Waals surface area contributed by atoms with Gasteiger partial charge in [-0.3, -0.25) is 14.5 Å². The maximum Gasteiger partial charge on any atom is 0.278 e. The van der Waals surface area contributed by atoms with E-state index < -0.39 is 0 Å². The van der Waals surface area contributed by atoms with Crippen molar-refractivity contribution in [3.8, 4) is 0 Å². The average molecular weight is 415 g/mol. The molecule has 2 aromatic rings. The van der Waals surface area contributed by atoms with E-state index in [1.165, 1.54) is 16.0 Å². The first kappa shape index (κ1) is 21.1. The summed E-state index contributed by atoms with van der Waals surface area (Å²) in [7, 11) is 0. The zero-order chi connectivity index (χ0) is 22.0. The Morgan fingerprint density at radius 1 is 0.968 bits per heavy atom. The van der Waals surface area contributed by atoms with Crippen LogP contribution < -0.4 is 0 Å². The van der Waals surface area contributed by atoms with Crippen molar-refractivity contribution >= 4 is 17.4 Å². The molecular formula is C27H30N2O2. The number of likely N-dealkylation sites (tertiary alicyclic amines) is 1. The number of hydrogen-bond acceptors (Lipinski definition) is 3. The quantitative estimate of drug-likeness (QED) is 0.515. The highest BCUT2D eigenvalue weighted by Gasteiger charge is 2.41. The first-order valence-corrected chi connectivity index (χ1v) is 11.1. The number of rotatable bonds is 6. The first-order valence-electron chi connectivity index (χ1n) is 11.1. The second-order valence-electron chi connectivity index (χ2n) is 8.65. The van der Waals surface area contributed by atoms with Gasteiger partial charge in [-0.25, -0.2) is 0 Å². The van der Waals surface area contributed by atoms with Gasteiger partial charge in [0.1, 0.15) is 5.70 Å². The summed E-state index contributed by atoms with van der Waals surface area (Å²) < 4.78 is 0. The third kappa shape index (κ3) is 4.20. The number of benzene rings is 2. The Bertz CT molecular complexity index is 1030. The molecule has 31 heavy (non-hydrogen) atoms. The van der Waals surface area contributed by atoms with Crippen molar-refractivity contribution < 1.29 is 9.59 Å². The second-order valence-corrected chi connectivity index (χ2v) is 8.65. The molecule has 4 rings (SSSR count). The maximum absolute atomic E-state index is 13.3. The van der Waals surface area contributed by atoms with Crippen LogP contribution in [0.25, 0.3) is 5.57 Å². The molecule has 1 saturated heterocycles. The lowest BCUT2D eigenvalue weighted by molar-refractivity contribution is -0.137. The van der Waals surface area contributed by atoms with E-state index in [2.05, 4.69) is 42.7 Å². The van der Waals surface area contributed by atoms with Gasteiger partial charge in [0.05, 0.1) is 5.57 Å². The molecule has 0 aliphatic carbocycles. The van der Waals surface area contributed by atoms with E-state index in [1.54, 1.807) is 6.08 Å². The molecule has 0 saturated carbocycles. The van der Waals surface area contributed by atoms with Gasteiger partial charge in [0, 0.05) is 19.6 Å². The number of piperidine rings is 1. The summed E-state index contributed by atoms with van der Waals surface area (Å²) in [6.45, 7) is 9.64. The molecule has 2 aromatic carbocycles. The lowest BCUT2D eigenvalue weighted by atomic mass is 9.89. The fraction of sp³-hybridized carbons (Fsp3) is 0.333. The molecule has 160 valence electrons. The molecule has 0 atom stereocenters. The lowest BCUT2D eigenvalue weighted by Gasteiger charge is -2.34. The van der Waals surface area contributed by atoms with Gasteiger partial charge in [-0.05, 0) is 61.3 Å². The predicted octanol–water partition coefficient (Wildman–Crippen LogP) is 4.52. The van der Waals surface area contributed by atoms with Crippen molar-refractivity contribution in [2.24, 2.45) is 5.92 Å². The summed E-state index contributed by atoms with van der Waals surface area (Å²) in [6.07, 6.45) is 4.71. The molecule has 4 nitrogen and oxygen atoms in total. The molecule has 0 aromatic heterocycles. The standard InChI is InChI=1S/C27H30N2O2/c1-4-14-29-26(30)24(23-11-10-19(2)20(3)17-23)25(27(29)31)28-15-12-22(13-16-28)18-21-8-6-5-7-9-21/h4-11,17,22H,1,12-16,18H2,2-3H3. The maximum atomic E-state index is 13.3. The molecule has 0 bridgehead atoms. The van der Waals surface area contributed by atoms with Crippen LogP contribution in [0.2, 0.25) is 0 Å². The van der Waals surface area contributed by atoms with E-state index in [1.807, 2.05) is 31.2 Å². The number of amides is 2. The molecule has 1 fully saturated rings. The first-order chi connectivity index (χ1) is 15.0. The Morgan fingerprint density at radius 2 is 1.68 bits per heavy atom. The number of aryl methyl sites for hydroxylation is 2. The van der Waals surface area contributed by atoms with Crippen molar-refractivity contribution in [3.63, 3.8) is 0 Å². The Hall–Kier alpha value is -3.14. The van der Waals surface area contributed by atoms with Crippen LogP contribution in [-0.2, 0) is 16.0 Å². The van der Waals surface area contributed by atoms with Crippen molar-refractivity contribution in [2.75, 3.05) is 19.6 Å². The van der Waals surface area contributed by atoms with Gasteiger partial charge in [0.2, 0.25) is 0 Å². The SMILES string of the molecule is C=CCN1C(=O)C(c2ccc(C)c(C)c2)=C(N2CCC(Cc3ccccc3)CC2)C1=O. The van der Waals surface area contributed by atoms with Crippen molar-refractivity contribution in [3.05, 3.63) is 89.1 Å². The minimum Gasteiger partial charge on any atom is -0.366 e. The molecule has 0 N–H and O–H groups in total. The molecule has 2 aliphatic rings. The van der Waals surface area contributed by atoms with Gasteiger partial charge >= 0.3 is 0 Å². The summed E-state index contributed by atoms with van der Waals surface area (Å²) in [6, 6.07) is 16.6.